The molecule has 2 fully saturated rings. The van der Waals surface area contributed by atoms with Gasteiger partial charge in [-0.15, -0.1) is 0 Å². The number of aliphatic hydroxyl groups is 2. The second kappa shape index (κ2) is 5.47. The quantitative estimate of drug-likeness (QED) is 0.647. The average Bonchev–Trinajstić information content (AvgIpc) is 2.84. The molecule has 0 aromatic carbocycles. The standard InChI is InChI=1S/C21H31NO2/c1-20-9-7-15(22)11-14(20)3-5-16-17-6-4-13(8-10-23)21(17,2)12-18(24)19(16)20/h3,8,11,16-19,23-24H,4-7,9-10,12,22H2,1-2H3/t16-,17-,18?,19+,20-,21+/m0/s1. The Labute approximate surface area is 145 Å². The molecule has 0 bridgehead atoms. The van der Waals surface area contributed by atoms with Crippen molar-refractivity contribution in [2.24, 2.45) is 34.3 Å². The minimum atomic E-state index is -0.266. The number of fused-ring (bicyclic) bond motifs is 5. The molecule has 4 rings (SSSR count). The van der Waals surface area contributed by atoms with Crippen LogP contribution in [0.3, 0.4) is 0 Å². The highest BCUT2D eigenvalue weighted by Crippen LogP contribution is 2.65. The molecule has 2 saturated carbocycles. The van der Waals surface area contributed by atoms with Crippen LogP contribution >= 0.6 is 0 Å². The first kappa shape index (κ1) is 16.4. The lowest BCUT2D eigenvalue weighted by atomic mass is 9.47. The van der Waals surface area contributed by atoms with Gasteiger partial charge in [-0.05, 0) is 78.8 Å². The Morgan fingerprint density at radius 3 is 2.83 bits per heavy atom. The topological polar surface area (TPSA) is 66.5 Å². The molecule has 24 heavy (non-hydrogen) atoms. The molecule has 132 valence electrons. The Morgan fingerprint density at radius 2 is 2.08 bits per heavy atom. The Balaban J connectivity index is 1.75. The van der Waals surface area contributed by atoms with E-state index in [4.69, 9.17) is 5.73 Å². The van der Waals surface area contributed by atoms with E-state index in [0.717, 1.165) is 37.8 Å². The van der Waals surface area contributed by atoms with Crippen LogP contribution in [0, 0.1) is 28.6 Å². The molecule has 0 spiro atoms. The Kier molecular flexibility index (Phi) is 3.74. The zero-order chi connectivity index (χ0) is 17.1. The van der Waals surface area contributed by atoms with Gasteiger partial charge in [-0.25, -0.2) is 0 Å². The summed E-state index contributed by atoms with van der Waals surface area (Å²) in [5.74, 6) is 1.51. The molecule has 4 N–H and O–H groups in total. The van der Waals surface area contributed by atoms with Crippen molar-refractivity contribution in [2.45, 2.75) is 58.5 Å². The highest BCUT2D eigenvalue weighted by atomic mass is 16.3. The predicted octanol–water partition coefficient (Wildman–Crippen LogP) is 3.29. The lowest BCUT2D eigenvalue weighted by molar-refractivity contribution is -0.0981. The molecule has 0 heterocycles. The maximum Gasteiger partial charge on any atom is 0.0615 e. The summed E-state index contributed by atoms with van der Waals surface area (Å²) < 4.78 is 0. The van der Waals surface area contributed by atoms with E-state index in [2.05, 4.69) is 26.0 Å². The SMILES string of the molecule is C[C@]12CCC(N)=CC1=CC[C@@H]1[C@@H]2C(O)C[C@]2(C)C(=CCO)CC[C@@H]12. The normalized spacial score (nSPS) is 49.1. The molecule has 0 aromatic rings. The molecule has 0 amide bonds. The molecule has 3 heteroatoms. The highest BCUT2D eigenvalue weighted by Gasteiger charge is 2.59. The van der Waals surface area contributed by atoms with Crippen molar-refractivity contribution in [3.63, 3.8) is 0 Å². The Morgan fingerprint density at radius 1 is 1.29 bits per heavy atom. The van der Waals surface area contributed by atoms with E-state index in [1.165, 1.54) is 17.6 Å². The van der Waals surface area contributed by atoms with Gasteiger partial charge in [0.1, 0.15) is 0 Å². The number of rotatable bonds is 1. The minimum absolute atomic E-state index is 0.0640. The van der Waals surface area contributed by atoms with Crippen LogP contribution in [0.2, 0.25) is 0 Å². The smallest absolute Gasteiger partial charge is 0.0615 e. The van der Waals surface area contributed by atoms with Gasteiger partial charge < -0.3 is 15.9 Å². The van der Waals surface area contributed by atoms with E-state index in [1.54, 1.807) is 0 Å². The lowest BCUT2D eigenvalue weighted by Gasteiger charge is -2.58. The summed E-state index contributed by atoms with van der Waals surface area (Å²) in [7, 11) is 0. The molecule has 3 nitrogen and oxygen atoms in total. The van der Waals surface area contributed by atoms with Crippen LogP contribution in [0.5, 0.6) is 0 Å². The van der Waals surface area contributed by atoms with Crippen LogP contribution in [0.25, 0.3) is 0 Å². The fourth-order valence-electron chi connectivity index (χ4n) is 6.77. The van der Waals surface area contributed by atoms with Crippen LogP contribution < -0.4 is 5.73 Å². The van der Waals surface area contributed by atoms with Gasteiger partial charge in [-0.1, -0.05) is 31.6 Å². The van der Waals surface area contributed by atoms with E-state index < -0.39 is 0 Å². The van der Waals surface area contributed by atoms with E-state index in [1.807, 2.05) is 6.08 Å². The molecule has 6 atom stereocenters. The predicted molar refractivity (Wildman–Crippen MR) is 95.9 cm³/mol. The molecule has 0 aromatic heterocycles. The average molecular weight is 329 g/mol. The van der Waals surface area contributed by atoms with Gasteiger partial charge in [0.2, 0.25) is 0 Å². The molecular weight excluding hydrogens is 298 g/mol. The molecule has 4 aliphatic carbocycles. The summed E-state index contributed by atoms with van der Waals surface area (Å²) in [6.45, 7) is 4.80. The van der Waals surface area contributed by atoms with Gasteiger partial charge in [0, 0.05) is 5.70 Å². The van der Waals surface area contributed by atoms with E-state index in [9.17, 15) is 10.2 Å². The first-order valence-electron chi connectivity index (χ1n) is 9.55. The zero-order valence-corrected chi connectivity index (χ0v) is 15.0. The van der Waals surface area contributed by atoms with Gasteiger partial charge in [0.25, 0.3) is 0 Å². The third kappa shape index (κ3) is 2.10. The van der Waals surface area contributed by atoms with Crippen LogP contribution in [-0.4, -0.2) is 22.9 Å². The summed E-state index contributed by atoms with van der Waals surface area (Å²) >= 11 is 0. The van der Waals surface area contributed by atoms with Gasteiger partial charge >= 0.3 is 0 Å². The Hall–Kier alpha value is -1.06. The third-order valence-electron chi connectivity index (χ3n) is 7.92. The monoisotopic (exact) mass is 329 g/mol. The second-order valence-corrected chi connectivity index (χ2v) is 8.97. The van der Waals surface area contributed by atoms with Gasteiger partial charge in [-0.2, -0.15) is 0 Å². The number of hydrogen-bond acceptors (Lipinski definition) is 3. The van der Waals surface area contributed by atoms with Crippen LogP contribution in [0.15, 0.2) is 35.1 Å². The summed E-state index contributed by atoms with van der Waals surface area (Å²) in [5, 5.41) is 20.6. The maximum absolute atomic E-state index is 11.2. The van der Waals surface area contributed by atoms with Crippen molar-refractivity contribution in [3.05, 3.63) is 35.1 Å². The molecule has 1 unspecified atom stereocenters. The zero-order valence-electron chi connectivity index (χ0n) is 15.0. The van der Waals surface area contributed by atoms with Crippen LogP contribution in [0.1, 0.15) is 52.4 Å². The van der Waals surface area contributed by atoms with Gasteiger partial charge in [-0.3, -0.25) is 0 Å². The minimum Gasteiger partial charge on any atom is -0.402 e. The fraction of sp³-hybridized carbons (Fsp3) is 0.714. The molecule has 0 aliphatic heterocycles. The summed E-state index contributed by atoms with van der Waals surface area (Å²) in [4.78, 5) is 0. The molecular formula is C21H31NO2. The number of allylic oxidation sites excluding steroid dienone is 5. The van der Waals surface area contributed by atoms with E-state index >= 15 is 0 Å². The van der Waals surface area contributed by atoms with Crippen molar-refractivity contribution in [3.8, 4) is 0 Å². The summed E-state index contributed by atoms with van der Waals surface area (Å²) in [5.41, 5.74) is 9.94. The van der Waals surface area contributed by atoms with Crippen LogP contribution in [-0.2, 0) is 0 Å². The van der Waals surface area contributed by atoms with Crippen molar-refractivity contribution < 1.29 is 10.2 Å². The van der Waals surface area contributed by atoms with Crippen molar-refractivity contribution in [1.29, 1.82) is 0 Å². The number of hydrogen-bond donors (Lipinski definition) is 3. The lowest BCUT2D eigenvalue weighted by Crippen LogP contribution is -2.54. The van der Waals surface area contributed by atoms with Gasteiger partial charge in [0.15, 0.2) is 0 Å². The van der Waals surface area contributed by atoms with Gasteiger partial charge in [0.05, 0.1) is 12.7 Å². The van der Waals surface area contributed by atoms with E-state index in [0.29, 0.717) is 17.8 Å². The molecule has 0 saturated heterocycles. The first-order valence-corrected chi connectivity index (χ1v) is 9.55. The van der Waals surface area contributed by atoms with Crippen LogP contribution in [0.4, 0.5) is 0 Å². The molecule has 0 radical (unpaired) electrons. The Bertz CT molecular complexity index is 634. The van der Waals surface area contributed by atoms with E-state index in [-0.39, 0.29) is 23.5 Å². The second-order valence-electron chi connectivity index (χ2n) is 8.97. The van der Waals surface area contributed by atoms with Crippen molar-refractivity contribution in [1.82, 2.24) is 0 Å². The highest BCUT2D eigenvalue weighted by molar-refractivity contribution is 5.38. The first-order chi connectivity index (χ1) is 11.4. The third-order valence-corrected chi connectivity index (χ3v) is 7.92. The maximum atomic E-state index is 11.2. The molecule has 4 aliphatic rings. The largest absolute Gasteiger partial charge is 0.402 e. The fourth-order valence-corrected chi connectivity index (χ4v) is 6.77. The summed E-state index contributed by atoms with van der Waals surface area (Å²) in [6.07, 6.45) is 12.5. The number of aliphatic hydroxyl groups excluding tert-OH is 2. The van der Waals surface area contributed by atoms with Crippen molar-refractivity contribution in [2.75, 3.05) is 6.61 Å². The summed E-state index contributed by atoms with van der Waals surface area (Å²) in [6, 6.07) is 0. The number of nitrogens with two attached hydrogens (primary N) is 1. The van der Waals surface area contributed by atoms with Crippen molar-refractivity contribution >= 4 is 0 Å².